The quantitative estimate of drug-likeness (QED) is 0.598. The van der Waals surface area contributed by atoms with Crippen molar-refractivity contribution in [3.8, 4) is 0 Å². The molecule has 77 valence electrons. The molecule has 0 fully saturated rings. The number of rotatable bonds is 0. The molecular weight excluding hydrogens is 189 g/mol. The van der Waals surface area contributed by atoms with Crippen molar-refractivity contribution in [3.05, 3.63) is 35.4 Å². The van der Waals surface area contributed by atoms with Gasteiger partial charge in [0.2, 0.25) is 0 Å². The van der Waals surface area contributed by atoms with Crippen LogP contribution in [0.2, 0.25) is 0 Å². The Morgan fingerprint density at radius 3 is 1.93 bits per heavy atom. The van der Waals surface area contributed by atoms with Crippen LogP contribution in [0, 0.1) is 6.07 Å². The Labute approximate surface area is 81.8 Å². The van der Waals surface area contributed by atoms with E-state index in [1.807, 2.05) is 20.8 Å². The zero-order chi connectivity index (χ0) is 11.0. The minimum atomic E-state index is -4.28. The molecule has 0 aliphatic heterocycles. The molecule has 0 saturated carbocycles. The molecule has 0 aliphatic rings. The highest BCUT2D eigenvalue weighted by atomic mass is 19.4. The van der Waals surface area contributed by atoms with Crippen molar-refractivity contribution < 1.29 is 13.2 Å². The van der Waals surface area contributed by atoms with E-state index < -0.39 is 11.7 Å². The van der Waals surface area contributed by atoms with Gasteiger partial charge in [0.25, 0.3) is 0 Å². The SMILES string of the molecule is CC(C)(C)c1c[c]cc(C(F)(F)F)c1. The molecule has 0 aromatic heterocycles. The second-order valence-corrected chi connectivity index (χ2v) is 4.26. The van der Waals surface area contributed by atoms with Crippen LogP contribution in [-0.4, -0.2) is 0 Å². The summed E-state index contributed by atoms with van der Waals surface area (Å²) in [4.78, 5) is 0. The molecule has 1 rings (SSSR count). The van der Waals surface area contributed by atoms with Gasteiger partial charge in [0, 0.05) is 0 Å². The maximum Gasteiger partial charge on any atom is 0.416 e. The van der Waals surface area contributed by atoms with Gasteiger partial charge in [-0.3, -0.25) is 0 Å². The molecule has 3 heteroatoms. The summed E-state index contributed by atoms with van der Waals surface area (Å²) in [6.07, 6.45) is -4.28. The fourth-order valence-electron chi connectivity index (χ4n) is 1.07. The van der Waals surface area contributed by atoms with E-state index in [9.17, 15) is 13.2 Å². The second-order valence-electron chi connectivity index (χ2n) is 4.26. The van der Waals surface area contributed by atoms with Crippen LogP contribution in [0.15, 0.2) is 18.2 Å². The molecule has 0 heterocycles. The van der Waals surface area contributed by atoms with E-state index in [0.29, 0.717) is 5.56 Å². The molecule has 0 amide bonds. The van der Waals surface area contributed by atoms with Crippen LogP contribution in [0.1, 0.15) is 31.9 Å². The van der Waals surface area contributed by atoms with Gasteiger partial charge in [-0.25, -0.2) is 0 Å². The second kappa shape index (κ2) is 3.30. The van der Waals surface area contributed by atoms with Gasteiger partial charge in [-0.05, 0) is 29.2 Å². The van der Waals surface area contributed by atoms with Crippen molar-refractivity contribution in [1.82, 2.24) is 0 Å². The summed E-state index contributed by atoms with van der Waals surface area (Å²) in [7, 11) is 0. The Balaban J connectivity index is 3.15. The van der Waals surface area contributed by atoms with E-state index >= 15 is 0 Å². The van der Waals surface area contributed by atoms with Crippen LogP contribution in [0.4, 0.5) is 13.2 Å². The lowest BCUT2D eigenvalue weighted by Crippen LogP contribution is -2.13. The lowest BCUT2D eigenvalue weighted by Gasteiger charge is -2.20. The van der Waals surface area contributed by atoms with Gasteiger partial charge in [-0.2, -0.15) is 13.2 Å². The van der Waals surface area contributed by atoms with Crippen LogP contribution in [0.3, 0.4) is 0 Å². The third-order valence-corrected chi connectivity index (χ3v) is 1.98. The standard InChI is InChI=1S/C11H12F3/c1-10(2,3)8-5-4-6-9(7-8)11(12,13)14/h5-7H,1-3H3. The van der Waals surface area contributed by atoms with Crippen LogP contribution in [0.25, 0.3) is 0 Å². The van der Waals surface area contributed by atoms with E-state index in [1.165, 1.54) is 6.07 Å². The zero-order valence-electron chi connectivity index (χ0n) is 8.37. The summed E-state index contributed by atoms with van der Waals surface area (Å²) in [5.41, 5.74) is -0.269. The van der Waals surface area contributed by atoms with E-state index in [4.69, 9.17) is 0 Å². The van der Waals surface area contributed by atoms with E-state index in [-0.39, 0.29) is 5.41 Å². The number of halogens is 3. The summed E-state index contributed by atoms with van der Waals surface area (Å²) >= 11 is 0. The Morgan fingerprint density at radius 2 is 1.50 bits per heavy atom. The van der Waals surface area contributed by atoms with Crippen molar-refractivity contribution in [2.24, 2.45) is 0 Å². The van der Waals surface area contributed by atoms with Crippen LogP contribution in [-0.2, 0) is 11.6 Å². The maximum absolute atomic E-state index is 12.3. The lowest BCUT2D eigenvalue weighted by molar-refractivity contribution is -0.137. The first kappa shape index (κ1) is 11.1. The van der Waals surface area contributed by atoms with Crippen LogP contribution in [0.5, 0.6) is 0 Å². The van der Waals surface area contributed by atoms with Crippen LogP contribution >= 0.6 is 0 Å². The summed E-state index contributed by atoms with van der Waals surface area (Å²) in [5, 5.41) is 0. The highest BCUT2D eigenvalue weighted by molar-refractivity contribution is 5.29. The molecular formula is C11H12F3. The minimum Gasteiger partial charge on any atom is -0.166 e. The summed E-state index contributed by atoms with van der Waals surface area (Å²) in [6, 6.07) is 6.26. The fraction of sp³-hybridized carbons (Fsp3) is 0.455. The molecule has 1 radical (unpaired) electrons. The van der Waals surface area contributed by atoms with Crippen molar-refractivity contribution >= 4 is 0 Å². The average Bonchev–Trinajstić information content (AvgIpc) is 2.01. The Hall–Kier alpha value is -0.990. The maximum atomic E-state index is 12.3. The number of alkyl halides is 3. The molecule has 0 saturated heterocycles. The van der Waals surface area contributed by atoms with E-state index in [1.54, 1.807) is 6.07 Å². The molecule has 0 N–H and O–H groups in total. The number of benzene rings is 1. The van der Waals surface area contributed by atoms with Gasteiger partial charge in [-0.1, -0.05) is 26.8 Å². The Bertz CT molecular complexity index is 289. The third kappa shape index (κ3) is 2.50. The zero-order valence-corrected chi connectivity index (χ0v) is 8.37. The molecule has 0 nitrogen and oxygen atoms in total. The van der Waals surface area contributed by atoms with Crippen molar-refractivity contribution in [2.45, 2.75) is 32.4 Å². The molecule has 0 unspecified atom stereocenters. The van der Waals surface area contributed by atoms with Crippen molar-refractivity contribution in [1.29, 1.82) is 0 Å². The normalized spacial score (nSPS) is 13.0. The lowest BCUT2D eigenvalue weighted by atomic mass is 9.86. The topological polar surface area (TPSA) is 0 Å². The molecule has 0 aliphatic carbocycles. The third-order valence-electron chi connectivity index (χ3n) is 1.98. The molecule has 1 aromatic rings. The van der Waals surface area contributed by atoms with Gasteiger partial charge in [0.15, 0.2) is 0 Å². The van der Waals surface area contributed by atoms with Crippen molar-refractivity contribution in [3.63, 3.8) is 0 Å². The average molecular weight is 201 g/mol. The number of hydrogen-bond donors (Lipinski definition) is 0. The van der Waals surface area contributed by atoms with Gasteiger partial charge >= 0.3 is 6.18 Å². The smallest absolute Gasteiger partial charge is 0.166 e. The molecule has 14 heavy (non-hydrogen) atoms. The Kier molecular flexibility index (Phi) is 2.61. The Morgan fingerprint density at radius 1 is 1.00 bits per heavy atom. The first-order valence-electron chi connectivity index (χ1n) is 4.30. The predicted molar refractivity (Wildman–Crippen MR) is 49.0 cm³/mol. The highest BCUT2D eigenvalue weighted by Gasteiger charge is 2.31. The van der Waals surface area contributed by atoms with E-state index in [2.05, 4.69) is 6.07 Å². The first-order chi connectivity index (χ1) is 6.21. The van der Waals surface area contributed by atoms with Gasteiger partial charge in [0.1, 0.15) is 0 Å². The van der Waals surface area contributed by atoms with Crippen molar-refractivity contribution in [2.75, 3.05) is 0 Å². The van der Waals surface area contributed by atoms with Gasteiger partial charge in [-0.15, -0.1) is 0 Å². The summed E-state index contributed by atoms with van der Waals surface area (Å²) < 4.78 is 37.0. The molecule has 1 aromatic carbocycles. The fourth-order valence-corrected chi connectivity index (χ4v) is 1.07. The van der Waals surface area contributed by atoms with E-state index in [0.717, 1.165) is 6.07 Å². The van der Waals surface area contributed by atoms with Crippen LogP contribution < -0.4 is 0 Å². The predicted octanol–water partition coefficient (Wildman–Crippen LogP) is 3.80. The summed E-state index contributed by atoms with van der Waals surface area (Å²) in [6.45, 7) is 5.61. The summed E-state index contributed by atoms with van der Waals surface area (Å²) in [5.74, 6) is 0. The number of hydrogen-bond acceptors (Lipinski definition) is 0. The first-order valence-corrected chi connectivity index (χ1v) is 4.30. The highest BCUT2D eigenvalue weighted by Crippen LogP contribution is 2.32. The molecule has 0 bridgehead atoms. The molecule has 0 atom stereocenters. The largest absolute Gasteiger partial charge is 0.416 e. The van der Waals surface area contributed by atoms with Gasteiger partial charge in [0.05, 0.1) is 5.56 Å². The minimum absolute atomic E-state index is 0.280. The molecule has 0 spiro atoms. The monoisotopic (exact) mass is 201 g/mol. The van der Waals surface area contributed by atoms with Gasteiger partial charge < -0.3 is 0 Å².